The maximum atomic E-state index is 13.1. The number of anilines is 1. The van der Waals surface area contributed by atoms with E-state index >= 15 is 0 Å². The van der Waals surface area contributed by atoms with Crippen LogP contribution in [0.2, 0.25) is 0 Å². The Labute approximate surface area is 163 Å². The van der Waals surface area contributed by atoms with Gasteiger partial charge in [0.2, 0.25) is 5.91 Å². The van der Waals surface area contributed by atoms with Gasteiger partial charge in [-0.2, -0.15) is 0 Å². The normalized spacial score (nSPS) is 11.4. The molecule has 5 nitrogen and oxygen atoms in total. The first-order chi connectivity index (χ1) is 12.2. The minimum atomic E-state index is -3.86. The van der Waals surface area contributed by atoms with Crippen LogP contribution in [0.25, 0.3) is 0 Å². The highest BCUT2D eigenvalue weighted by Crippen LogP contribution is 2.25. The van der Waals surface area contributed by atoms with Crippen molar-refractivity contribution in [3.05, 3.63) is 58.6 Å². The summed E-state index contributed by atoms with van der Waals surface area (Å²) in [7, 11) is -3.86. The molecule has 26 heavy (non-hydrogen) atoms. The third kappa shape index (κ3) is 5.32. The standard InChI is InChI=1S/C19H23BrN2O3S/c1-14(2)12-21-19(23)13-22(17-8-6-16(20)7-9-17)26(24,25)18-10-4-15(3)5-11-18/h4-11,14H,12-13H2,1-3H3,(H,21,23). The second-order valence-corrected chi connectivity index (χ2v) is 9.28. The average Bonchev–Trinajstić information content (AvgIpc) is 2.59. The highest BCUT2D eigenvalue weighted by atomic mass is 79.9. The Bertz CT molecular complexity index is 847. The fourth-order valence-electron chi connectivity index (χ4n) is 2.26. The van der Waals surface area contributed by atoms with Crippen LogP contribution in [-0.2, 0) is 14.8 Å². The predicted molar refractivity (Wildman–Crippen MR) is 108 cm³/mol. The van der Waals surface area contributed by atoms with Gasteiger partial charge in [0.15, 0.2) is 0 Å². The molecular formula is C19H23BrN2O3S. The van der Waals surface area contributed by atoms with E-state index in [0.717, 1.165) is 14.3 Å². The van der Waals surface area contributed by atoms with Crippen LogP contribution in [0.5, 0.6) is 0 Å². The van der Waals surface area contributed by atoms with E-state index < -0.39 is 10.0 Å². The van der Waals surface area contributed by atoms with Gasteiger partial charge in [-0.15, -0.1) is 0 Å². The Balaban J connectivity index is 2.37. The van der Waals surface area contributed by atoms with Crippen molar-refractivity contribution in [2.45, 2.75) is 25.7 Å². The summed E-state index contributed by atoms with van der Waals surface area (Å²) in [6.07, 6.45) is 0. The molecule has 0 radical (unpaired) electrons. The Morgan fingerprint density at radius 2 is 1.65 bits per heavy atom. The quantitative estimate of drug-likeness (QED) is 0.715. The van der Waals surface area contributed by atoms with Crippen LogP contribution in [0.4, 0.5) is 5.69 Å². The Hall–Kier alpha value is -1.86. The molecule has 0 bridgehead atoms. The van der Waals surface area contributed by atoms with Crippen molar-refractivity contribution in [3.8, 4) is 0 Å². The second kappa shape index (κ2) is 8.68. The lowest BCUT2D eigenvalue weighted by Gasteiger charge is -2.24. The van der Waals surface area contributed by atoms with Gasteiger partial charge in [0, 0.05) is 11.0 Å². The van der Waals surface area contributed by atoms with Gasteiger partial charge in [0.1, 0.15) is 6.54 Å². The van der Waals surface area contributed by atoms with E-state index in [9.17, 15) is 13.2 Å². The van der Waals surface area contributed by atoms with Gasteiger partial charge in [0.05, 0.1) is 10.6 Å². The lowest BCUT2D eigenvalue weighted by molar-refractivity contribution is -0.119. The van der Waals surface area contributed by atoms with Crippen LogP contribution in [0, 0.1) is 12.8 Å². The van der Waals surface area contributed by atoms with Gasteiger partial charge in [-0.3, -0.25) is 9.10 Å². The van der Waals surface area contributed by atoms with E-state index in [4.69, 9.17) is 0 Å². The van der Waals surface area contributed by atoms with Crippen LogP contribution in [0.15, 0.2) is 57.9 Å². The summed E-state index contributed by atoms with van der Waals surface area (Å²) in [5.74, 6) is -0.0499. The summed E-state index contributed by atoms with van der Waals surface area (Å²) in [6, 6.07) is 13.4. The second-order valence-electron chi connectivity index (χ2n) is 6.50. The third-order valence-electron chi connectivity index (χ3n) is 3.72. The number of hydrogen-bond donors (Lipinski definition) is 1. The first kappa shape index (κ1) is 20.5. The van der Waals surface area contributed by atoms with Crippen molar-refractivity contribution < 1.29 is 13.2 Å². The largest absolute Gasteiger partial charge is 0.354 e. The molecule has 0 saturated heterocycles. The van der Waals surface area contributed by atoms with Crippen molar-refractivity contribution in [1.29, 1.82) is 0 Å². The number of aryl methyl sites for hydroxylation is 1. The summed E-state index contributed by atoms with van der Waals surface area (Å²) >= 11 is 3.34. The van der Waals surface area contributed by atoms with Crippen molar-refractivity contribution in [3.63, 3.8) is 0 Å². The zero-order chi connectivity index (χ0) is 19.3. The average molecular weight is 439 g/mol. The number of nitrogens with one attached hydrogen (secondary N) is 1. The predicted octanol–water partition coefficient (Wildman–Crippen LogP) is 3.73. The molecule has 0 unspecified atom stereocenters. The van der Waals surface area contributed by atoms with Crippen molar-refractivity contribution >= 4 is 37.5 Å². The third-order valence-corrected chi connectivity index (χ3v) is 6.04. The minimum absolute atomic E-state index is 0.155. The first-order valence-electron chi connectivity index (χ1n) is 8.32. The molecule has 2 aromatic carbocycles. The molecular weight excluding hydrogens is 416 g/mol. The van der Waals surface area contributed by atoms with E-state index in [1.54, 1.807) is 48.5 Å². The molecule has 1 amide bonds. The fourth-order valence-corrected chi connectivity index (χ4v) is 3.95. The van der Waals surface area contributed by atoms with Gasteiger partial charge in [-0.1, -0.05) is 47.5 Å². The molecule has 0 saturated carbocycles. The van der Waals surface area contributed by atoms with Gasteiger partial charge in [0.25, 0.3) is 10.0 Å². The van der Waals surface area contributed by atoms with E-state index in [1.807, 2.05) is 20.8 Å². The SMILES string of the molecule is Cc1ccc(S(=O)(=O)N(CC(=O)NCC(C)C)c2ccc(Br)cc2)cc1. The summed E-state index contributed by atoms with van der Waals surface area (Å²) in [5.41, 5.74) is 1.40. The molecule has 0 aliphatic carbocycles. The first-order valence-corrected chi connectivity index (χ1v) is 10.5. The number of sulfonamides is 1. The molecule has 0 aromatic heterocycles. The van der Waals surface area contributed by atoms with Gasteiger partial charge in [-0.05, 0) is 49.2 Å². The molecule has 2 aromatic rings. The maximum absolute atomic E-state index is 13.1. The number of hydrogen-bond acceptors (Lipinski definition) is 3. The number of benzene rings is 2. The summed E-state index contributed by atoms with van der Waals surface area (Å²) in [6.45, 7) is 6.08. The number of rotatable bonds is 7. The molecule has 2 rings (SSSR count). The molecule has 0 heterocycles. The molecule has 0 fully saturated rings. The smallest absolute Gasteiger partial charge is 0.264 e. The van der Waals surface area contributed by atoms with Crippen LogP contribution in [-0.4, -0.2) is 27.4 Å². The Morgan fingerprint density at radius 1 is 1.08 bits per heavy atom. The number of carbonyl (C=O) groups excluding carboxylic acids is 1. The molecule has 7 heteroatoms. The number of carbonyl (C=O) groups is 1. The zero-order valence-electron chi connectivity index (χ0n) is 15.1. The number of nitrogens with zero attached hydrogens (tertiary/aromatic N) is 1. The summed E-state index contributed by atoms with van der Waals surface area (Å²) in [5, 5.41) is 2.77. The van der Waals surface area contributed by atoms with Crippen LogP contribution in [0.1, 0.15) is 19.4 Å². The molecule has 0 spiro atoms. The summed E-state index contributed by atoms with van der Waals surface area (Å²) < 4.78 is 28.2. The monoisotopic (exact) mass is 438 g/mol. The fraction of sp³-hybridized carbons (Fsp3) is 0.316. The highest BCUT2D eigenvalue weighted by Gasteiger charge is 2.27. The zero-order valence-corrected chi connectivity index (χ0v) is 17.5. The Kier molecular flexibility index (Phi) is 6.83. The lowest BCUT2D eigenvalue weighted by atomic mass is 10.2. The molecule has 0 aliphatic heterocycles. The topological polar surface area (TPSA) is 66.5 Å². The van der Waals surface area contributed by atoms with Crippen LogP contribution < -0.4 is 9.62 Å². The molecule has 0 atom stereocenters. The van der Waals surface area contributed by atoms with E-state index in [2.05, 4.69) is 21.2 Å². The summed E-state index contributed by atoms with van der Waals surface area (Å²) in [4.78, 5) is 12.5. The van der Waals surface area contributed by atoms with Crippen LogP contribution in [0.3, 0.4) is 0 Å². The minimum Gasteiger partial charge on any atom is -0.354 e. The molecule has 140 valence electrons. The highest BCUT2D eigenvalue weighted by molar-refractivity contribution is 9.10. The van der Waals surface area contributed by atoms with Gasteiger partial charge < -0.3 is 5.32 Å². The van der Waals surface area contributed by atoms with E-state index in [1.165, 1.54) is 0 Å². The number of halogens is 1. The van der Waals surface area contributed by atoms with Crippen molar-refractivity contribution in [2.75, 3.05) is 17.4 Å². The van der Waals surface area contributed by atoms with Crippen molar-refractivity contribution in [1.82, 2.24) is 5.32 Å². The Morgan fingerprint density at radius 3 is 2.19 bits per heavy atom. The van der Waals surface area contributed by atoms with Crippen molar-refractivity contribution in [2.24, 2.45) is 5.92 Å². The van der Waals surface area contributed by atoms with Crippen LogP contribution >= 0.6 is 15.9 Å². The number of amides is 1. The molecule has 1 N–H and O–H groups in total. The lowest BCUT2D eigenvalue weighted by Crippen LogP contribution is -2.41. The van der Waals surface area contributed by atoms with E-state index in [-0.39, 0.29) is 23.3 Å². The van der Waals surface area contributed by atoms with Gasteiger partial charge >= 0.3 is 0 Å². The molecule has 0 aliphatic rings. The van der Waals surface area contributed by atoms with E-state index in [0.29, 0.717) is 12.2 Å². The maximum Gasteiger partial charge on any atom is 0.264 e. The van der Waals surface area contributed by atoms with Gasteiger partial charge in [-0.25, -0.2) is 8.42 Å².